The van der Waals surface area contributed by atoms with Gasteiger partial charge in [0.1, 0.15) is 5.82 Å². The predicted molar refractivity (Wildman–Crippen MR) is 100.0 cm³/mol. The number of hydrogen-bond acceptors (Lipinski definition) is 4. The Kier molecular flexibility index (Phi) is 7.31. The van der Waals surface area contributed by atoms with Crippen LogP contribution in [0.25, 0.3) is 0 Å². The summed E-state index contributed by atoms with van der Waals surface area (Å²) in [6.45, 7) is 9.11. The number of carboxylic acids is 1. The van der Waals surface area contributed by atoms with Gasteiger partial charge in [-0.15, -0.1) is 0 Å². The largest absolute Gasteiger partial charge is 0.490 e. The first-order valence-electron chi connectivity index (χ1n) is 9.75. The molecule has 0 saturated heterocycles. The first kappa shape index (κ1) is 23.2. The molecular weight excluding hydrogens is 389 g/mol. The van der Waals surface area contributed by atoms with Gasteiger partial charge >= 0.3 is 12.1 Å². The number of carboxylic acid groups (broad SMARTS) is 1. The number of hydrogen-bond donors (Lipinski definition) is 1. The second-order valence-corrected chi connectivity index (χ2v) is 7.98. The van der Waals surface area contributed by atoms with Gasteiger partial charge in [-0.2, -0.15) is 13.2 Å². The zero-order valence-corrected chi connectivity index (χ0v) is 17.2. The molecule has 1 saturated carbocycles. The van der Waals surface area contributed by atoms with Crippen LogP contribution < -0.4 is 0 Å². The Bertz CT molecular complexity index is 729. The fourth-order valence-corrected chi connectivity index (χ4v) is 3.15. The van der Waals surface area contributed by atoms with Crippen molar-refractivity contribution in [3.8, 4) is 0 Å². The monoisotopic (exact) mass is 418 g/mol. The highest BCUT2D eigenvalue weighted by Gasteiger charge is 2.38. The molecule has 29 heavy (non-hydrogen) atoms. The molecule has 10 heteroatoms. The van der Waals surface area contributed by atoms with E-state index in [0.29, 0.717) is 17.9 Å². The van der Waals surface area contributed by atoms with Gasteiger partial charge in [-0.3, -0.25) is 9.69 Å². The number of aliphatic carboxylic acids is 1. The van der Waals surface area contributed by atoms with E-state index in [2.05, 4.69) is 42.3 Å². The van der Waals surface area contributed by atoms with Gasteiger partial charge in [-0.25, -0.2) is 9.78 Å². The van der Waals surface area contributed by atoms with Crippen molar-refractivity contribution in [2.75, 3.05) is 13.6 Å². The van der Waals surface area contributed by atoms with Crippen molar-refractivity contribution in [3.05, 3.63) is 17.7 Å². The number of halogens is 3. The van der Waals surface area contributed by atoms with Crippen molar-refractivity contribution in [2.45, 2.75) is 71.4 Å². The van der Waals surface area contributed by atoms with Crippen molar-refractivity contribution in [3.63, 3.8) is 0 Å². The molecule has 1 aliphatic heterocycles. The van der Waals surface area contributed by atoms with Gasteiger partial charge < -0.3 is 14.6 Å². The van der Waals surface area contributed by atoms with Gasteiger partial charge in [-0.05, 0) is 46.6 Å². The summed E-state index contributed by atoms with van der Waals surface area (Å²) in [5.74, 6) is -0.753. The van der Waals surface area contributed by atoms with Gasteiger partial charge in [0.25, 0.3) is 0 Å². The standard InChI is InChI=1S/C17H28N4O.C2HF3O2/c1-12(2)19(4)11-15-10-18-17-13(3)20(7-8-21(15)17)16(22)9-14-5-6-14;3-2(4,5)1(6)7/h10,12-14H,5-9,11H2,1-4H3;(H,6,7). The van der Waals surface area contributed by atoms with Gasteiger partial charge in [0.05, 0.1) is 11.7 Å². The Morgan fingerprint density at radius 3 is 2.38 bits per heavy atom. The minimum Gasteiger partial charge on any atom is -0.475 e. The van der Waals surface area contributed by atoms with Crippen molar-refractivity contribution in [1.29, 1.82) is 0 Å². The van der Waals surface area contributed by atoms with Crippen molar-refractivity contribution < 1.29 is 27.9 Å². The zero-order chi connectivity index (χ0) is 21.9. The first-order valence-corrected chi connectivity index (χ1v) is 9.75. The summed E-state index contributed by atoms with van der Waals surface area (Å²) < 4.78 is 34.0. The summed E-state index contributed by atoms with van der Waals surface area (Å²) in [5.41, 5.74) is 1.26. The zero-order valence-electron chi connectivity index (χ0n) is 17.2. The molecule has 0 radical (unpaired) electrons. The van der Waals surface area contributed by atoms with E-state index in [0.717, 1.165) is 31.9 Å². The molecule has 1 fully saturated rings. The number of alkyl halides is 3. The molecule has 7 nitrogen and oxygen atoms in total. The van der Waals surface area contributed by atoms with Gasteiger partial charge in [0.15, 0.2) is 0 Å². The van der Waals surface area contributed by atoms with Crippen LogP contribution in [0.3, 0.4) is 0 Å². The molecular formula is C19H29F3N4O3. The third-order valence-corrected chi connectivity index (χ3v) is 5.39. The van der Waals surface area contributed by atoms with E-state index in [1.807, 2.05) is 11.1 Å². The third kappa shape index (κ3) is 6.19. The Labute approximate surface area is 168 Å². The van der Waals surface area contributed by atoms with Crippen LogP contribution in [0.5, 0.6) is 0 Å². The number of rotatable bonds is 5. The molecule has 1 N–H and O–H groups in total. The molecule has 1 amide bonds. The molecule has 1 aromatic rings. The molecule has 0 aromatic carbocycles. The maximum atomic E-state index is 12.4. The normalized spacial score (nSPS) is 19.1. The molecule has 0 bridgehead atoms. The van der Waals surface area contributed by atoms with E-state index in [4.69, 9.17) is 9.90 Å². The fraction of sp³-hybridized carbons (Fsp3) is 0.737. The Morgan fingerprint density at radius 1 is 1.31 bits per heavy atom. The minimum absolute atomic E-state index is 0.0955. The predicted octanol–water partition coefficient (Wildman–Crippen LogP) is 3.06. The molecule has 3 rings (SSSR count). The van der Waals surface area contributed by atoms with Crippen LogP contribution in [0, 0.1) is 5.92 Å². The Balaban J connectivity index is 0.000000370. The Morgan fingerprint density at radius 2 is 1.90 bits per heavy atom. The number of aromatic nitrogens is 2. The van der Waals surface area contributed by atoms with E-state index in [1.54, 1.807) is 0 Å². The topological polar surface area (TPSA) is 78.7 Å². The van der Waals surface area contributed by atoms with E-state index in [1.165, 1.54) is 18.5 Å². The molecule has 0 spiro atoms. The second-order valence-electron chi connectivity index (χ2n) is 7.98. The molecule has 2 aliphatic rings. The lowest BCUT2D eigenvalue weighted by Crippen LogP contribution is -2.42. The van der Waals surface area contributed by atoms with Gasteiger partial charge in [-0.1, -0.05) is 0 Å². The highest BCUT2D eigenvalue weighted by atomic mass is 19.4. The molecule has 164 valence electrons. The van der Waals surface area contributed by atoms with Crippen LogP contribution in [0.15, 0.2) is 6.20 Å². The highest BCUT2D eigenvalue weighted by molar-refractivity contribution is 5.77. The highest BCUT2D eigenvalue weighted by Crippen LogP contribution is 2.35. The number of fused-ring (bicyclic) bond motifs is 1. The summed E-state index contributed by atoms with van der Waals surface area (Å²) >= 11 is 0. The van der Waals surface area contributed by atoms with E-state index in [9.17, 15) is 18.0 Å². The van der Waals surface area contributed by atoms with Crippen molar-refractivity contribution in [2.24, 2.45) is 5.92 Å². The lowest BCUT2D eigenvalue weighted by molar-refractivity contribution is -0.192. The van der Waals surface area contributed by atoms with E-state index >= 15 is 0 Å². The Hall–Kier alpha value is -2.10. The van der Waals surface area contributed by atoms with Crippen LogP contribution in [-0.4, -0.2) is 62.1 Å². The van der Waals surface area contributed by atoms with Crippen LogP contribution in [0.1, 0.15) is 57.6 Å². The average molecular weight is 418 g/mol. The molecule has 1 atom stereocenters. The van der Waals surface area contributed by atoms with E-state index < -0.39 is 12.1 Å². The fourth-order valence-electron chi connectivity index (χ4n) is 3.15. The maximum absolute atomic E-state index is 12.4. The summed E-state index contributed by atoms with van der Waals surface area (Å²) in [4.78, 5) is 30.3. The average Bonchev–Trinajstić information content (AvgIpc) is 3.33. The lowest BCUT2D eigenvalue weighted by atomic mass is 10.1. The van der Waals surface area contributed by atoms with E-state index in [-0.39, 0.29) is 6.04 Å². The number of carbonyl (C=O) groups excluding carboxylic acids is 1. The lowest BCUT2D eigenvalue weighted by Gasteiger charge is -2.35. The molecule has 2 heterocycles. The first-order chi connectivity index (χ1) is 13.4. The number of amides is 1. The van der Waals surface area contributed by atoms with Crippen LogP contribution in [0.2, 0.25) is 0 Å². The summed E-state index contributed by atoms with van der Waals surface area (Å²) in [6.07, 6.45) is 0.0934. The second kappa shape index (κ2) is 9.15. The smallest absolute Gasteiger partial charge is 0.475 e. The quantitative estimate of drug-likeness (QED) is 0.795. The molecule has 1 aliphatic carbocycles. The minimum atomic E-state index is -5.08. The van der Waals surface area contributed by atoms with Crippen LogP contribution in [-0.2, 0) is 22.7 Å². The number of imidazole rings is 1. The van der Waals surface area contributed by atoms with Crippen LogP contribution in [0.4, 0.5) is 13.2 Å². The molecule has 1 unspecified atom stereocenters. The van der Waals surface area contributed by atoms with Gasteiger partial charge in [0.2, 0.25) is 5.91 Å². The third-order valence-electron chi connectivity index (χ3n) is 5.39. The summed E-state index contributed by atoms with van der Waals surface area (Å²) in [6, 6.07) is 0.613. The summed E-state index contributed by atoms with van der Waals surface area (Å²) in [5, 5.41) is 7.12. The molecule has 1 aromatic heterocycles. The van der Waals surface area contributed by atoms with Crippen molar-refractivity contribution >= 4 is 11.9 Å². The summed E-state index contributed by atoms with van der Waals surface area (Å²) in [7, 11) is 2.14. The number of nitrogens with zero attached hydrogens (tertiary/aromatic N) is 4. The maximum Gasteiger partial charge on any atom is 0.490 e. The van der Waals surface area contributed by atoms with Crippen molar-refractivity contribution in [1.82, 2.24) is 19.4 Å². The van der Waals surface area contributed by atoms with Gasteiger partial charge in [0, 0.05) is 38.3 Å². The van der Waals surface area contributed by atoms with Crippen LogP contribution >= 0.6 is 0 Å². The SMILES string of the molecule is CC(C)N(C)Cc1cnc2n1CCN(C(=O)CC1CC1)C2C.O=C(O)C(F)(F)F. The number of carbonyl (C=O) groups is 2.